The van der Waals surface area contributed by atoms with Gasteiger partial charge in [-0.05, 0) is 19.1 Å². The maximum atomic E-state index is 11.8. The number of anilines is 1. The van der Waals surface area contributed by atoms with Crippen molar-refractivity contribution in [3.63, 3.8) is 0 Å². The zero-order chi connectivity index (χ0) is 14.4. The summed E-state index contributed by atoms with van der Waals surface area (Å²) < 4.78 is 5.12. The molecule has 21 heavy (non-hydrogen) atoms. The predicted molar refractivity (Wildman–Crippen MR) is 78.6 cm³/mol. The molecule has 0 bridgehead atoms. The van der Waals surface area contributed by atoms with Crippen LogP contribution in [0.25, 0.3) is 11.0 Å². The Balaban J connectivity index is 1.65. The molecule has 1 fully saturated rings. The first-order valence-electron chi connectivity index (χ1n) is 6.87. The van der Waals surface area contributed by atoms with Gasteiger partial charge >= 0.3 is 0 Å². The fraction of sp³-hybridized carbons (Fsp3) is 0.267. The summed E-state index contributed by atoms with van der Waals surface area (Å²) in [6.07, 6.45) is 1.68. The Kier molecular flexibility index (Phi) is 2.57. The third-order valence-corrected chi connectivity index (χ3v) is 3.88. The molecule has 0 aliphatic carbocycles. The Morgan fingerprint density at radius 1 is 1.38 bits per heavy atom. The number of pyridine rings is 2. The summed E-state index contributed by atoms with van der Waals surface area (Å²) in [4.78, 5) is 20.9. The van der Waals surface area contributed by atoms with Crippen molar-refractivity contribution in [1.82, 2.24) is 15.1 Å². The van der Waals surface area contributed by atoms with E-state index < -0.39 is 0 Å². The number of aromatic amines is 1. The van der Waals surface area contributed by atoms with Crippen molar-refractivity contribution >= 4 is 16.7 Å². The number of aromatic nitrogens is 3. The van der Waals surface area contributed by atoms with E-state index in [9.17, 15) is 4.79 Å². The van der Waals surface area contributed by atoms with Gasteiger partial charge in [-0.15, -0.1) is 0 Å². The molecule has 0 unspecified atom stereocenters. The third kappa shape index (κ3) is 1.99. The molecule has 0 aromatic carbocycles. The fourth-order valence-electron chi connectivity index (χ4n) is 2.77. The highest BCUT2D eigenvalue weighted by molar-refractivity contribution is 5.89. The minimum atomic E-state index is -0.128. The second-order valence-electron chi connectivity index (χ2n) is 5.38. The normalized spacial score (nSPS) is 15.4. The lowest BCUT2D eigenvalue weighted by Gasteiger charge is -2.40. The van der Waals surface area contributed by atoms with E-state index in [1.54, 1.807) is 12.3 Å². The smallest absolute Gasteiger partial charge is 0.251 e. The zero-order valence-electron chi connectivity index (χ0n) is 11.5. The Bertz CT molecular complexity index is 861. The molecular formula is C15H14N4O2. The van der Waals surface area contributed by atoms with Crippen LogP contribution in [-0.2, 0) is 0 Å². The standard InChI is InChI=1S/C15H14N4O2/c1-9-5-12(18-21-9)10-7-19(8-10)13-6-14(20)17-15-11(13)3-2-4-16-15/h2-6,10H,7-8H2,1H3,(H,16,17,20). The van der Waals surface area contributed by atoms with Gasteiger partial charge in [-0.25, -0.2) is 4.98 Å². The van der Waals surface area contributed by atoms with E-state index in [1.807, 2.05) is 25.1 Å². The van der Waals surface area contributed by atoms with Crippen LogP contribution in [0.15, 0.2) is 39.8 Å². The maximum absolute atomic E-state index is 11.8. The van der Waals surface area contributed by atoms with Crippen molar-refractivity contribution in [3.8, 4) is 0 Å². The monoisotopic (exact) mass is 282 g/mol. The molecule has 0 spiro atoms. The van der Waals surface area contributed by atoms with Crippen LogP contribution < -0.4 is 10.5 Å². The predicted octanol–water partition coefficient (Wildman–Crippen LogP) is 1.82. The van der Waals surface area contributed by atoms with Gasteiger partial charge in [0.05, 0.1) is 11.4 Å². The summed E-state index contributed by atoms with van der Waals surface area (Å²) in [5.41, 5.74) is 2.41. The fourth-order valence-corrected chi connectivity index (χ4v) is 2.77. The van der Waals surface area contributed by atoms with Gasteiger partial charge in [-0.3, -0.25) is 4.79 Å². The van der Waals surface area contributed by atoms with E-state index in [1.165, 1.54) is 0 Å². The van der Waals surface area contributed by atoms with Gasteiger partial charge in [0.15, 0.2) is 0 Å². The average molecular weight is 282 g/mol. The van der Waals surface area contributed by atoms with Crippen molar-refractivity contribution in [3.05, 3.63) is 52.3 Å². The molecule has 6 heteroatoms. The minimum Gasteiger partial charge on any atom is -0.369 e. The Morgan fingerprint density at radius 3 is 3.00 bits per heavy atom. The van der Waals surface area contributed by atoms with Gasteiger partial charge in [0.1, 0.15) is 11.4 Å². The molecule has 0 amide bonds. The second-order valence-corrected chi connectivity index (χ2v) is 5.38. The summed E-state index contributed by atoms with van der Waals surface area (Å²) in [6.45, 7) is 3.56. The Hall–Kier alpha value is -2.63. The Morgan fingerprint density at radius 2 is 2.24 bits per heavy atom. The molecule has 3 aromatic rings. The molecule has 1 aliphatic rings. The average Bonchev–Trinajstić information content (AvgIpc) is 2.83. The van der Waals surface area contributed by atoms with E-state index >= 15 is 0 Å². The van der Waals surface area contributed by atoms with Crippen molar-refractivity contribution < 1.29 is 4.52 Å². The number of nitrogens with one attached hydrogen (secondary N) is 1. The number of rotatable bonds is 2. The van der Waals surface area contributed by atoms with Gasteiger partial charge in [0.25, 0.3) is 5.56 Å². The van der Waals surface area contributed by atoms with E-state index in [0.29, 0.717) is 11.6 Å². The van der Waals surface area contributed by atoms with Crippen molar-refractivity contribution in [2.75, 3.05) is 18.0 Å². The van der Waals surface area contributed by atoms with Gasteiger partial charge in [-0.1, -0.05) is 5.16 Å². The first-order valence-corrected chi connectivity index (χ1v) is 6.87. The van der Waals surface area contributed by atoms with Gasteiger partial charge in [0.2, 0.25) is 0 Å². The first-order chi connectivity index (χ1) is 10.2. The van der Waals surface area contributed by atoms with E-state index in [0.717, 1.165) is 35.6 Å². The first kappa shape index (κ1) is 12.1. The van der Waals surface area contributed by atoms with Crippen LogP contribution in [0.3, 0.4) is 0 Å². The second kappa shape index (κ2) is 4.44. The lowest BCUT2D eigenvalue weighted by molar-refractivity contribution is 0.377. The summed E-state index contributed by atoms with van der Waals surface area (Å²) in [5.74, 6) is 1.18. The van der Waals surface area contributed by atoms with Crippen molar-refractivity contribution in [1.29, 1.82) is 0 Å². The van der Waals surface area contributed by atoms with Crippen LogP contribution in [-0.4, -0.2) is 28.2 Å². The molecule has 0 atom stereocenters. The van der Waals surface area contributed by atoms with E-state index in [2.05, 4.69) is 20.0 Å². The lowest BCUT2D eigenvalue weighted by Crippen LogP contribution is -2.45. The van der Waals surface area contributed by atoms with Crippen LogP contribution in [0.1, 0.15) is 17.4 Å². The summed E-state index contributed by atoms with van der Waals surface area (Å²) >= 11 is 0. The molecular weight excluding hydrogens is 268 g/mol. The molecule has 1 N–H and O–H groups in total. The summed E-state index contributed by atoms with van der Waals surface area (Å²) in [7, 11) is 0. The Labute approximate surface area is 120 Å². The summed E-state index contributed by atoms with van der Waals surface area (Å²) in [6, 6.07) is 7.46. The third-order valence-electron chi connectivity index (χ3n) is 3.88. The molecule has 3 aromatic heterocycles. The van der Waals surface area contributed by atoms with Crippen molar-refractivity contribution in [2.24, 2.45) is 0 Å². The SMILES string of the molecule is Cc1cc(C2CN(c3cc(=O)[nH]c4ncccc34)C2)no1. The lowest BCUT2D eigenvalue weighted by atomic mass is 9.95. The molecule has 1 saturated heterocycles. The molecule has 0 radical (unpaired) electrons. The number of hydrogen-bond donors (Lipinski definition) is 1. The van der Waals surface area contributed by atoms with Crippen LogP contribution in [0, 0.1) is 6.92 Å². The molecule has 4 rings (SSSR count). The van der Waals surface area contributed by atoms with Gasteiger partial charge < -0.3 is 14.4 Å². The number of hydrogen-bond acceptors (Lipinski definition) is 5. The molecule has 6 nitrogen and oxygen atoms in total. The maximum Gasteiger partial charge on any atom is 0.251 e. The molecule has 1 aliphatic heterocycles. The molecule has 4 heterocycles. The topological polar surface area (TPSA) is 75.0 Å². The zero-order valence-corrected chi connectivity index (χ0v) is 11.5. The van der Waals surface area contributed by atoms with Crippen LogP contribution in [0.2, 0.25) is 0 Å². The quantitative estimate of drug-likeness (QED) is 0.776. The highest BCUT2D eigenvalue weighted by atomic mass is 16.5. The largest absolute Gasteiger partial charge is 0.369 e. The highest BCUT2D eigenvalue weighted by Gasteiger charge is 2.31. The highest BCUT2D eigenvalue weighted by Crippen LogP contribution is 2.33. The molecule has 106 valence electrons. The van der Waals surface area contributed by atoms with Gasteiger partial charge in [-0.2, -0.15) is 0 Å². The summed E-state index contributed by atoms with van der Waals surface area (Å²) in [5, 5.41) is 5.03. The van der Waals surface area contributed by atoms with Crippen LogP contribution in [0.5, 0.6) is 0 Å². The number of H-pyrrole nitrogens is 1. The molecule has 0 saturated carbocycles. The number of nitrogens with zero attached hydrogens (tertiary/aromatic N) is 3. The van der Waals surface area contributed by atoms with Gasteiger partial charge in [0, 0.05) is 42.7 Å². The van der Waals surface area contributed by atoms with Crippen LogP contribution in [0.4, 0.5) is 5.69 Å². The number of aryl methyl sites for hydroxylation is 1. The van der Waals surface area contributed by atoms with Crippen molar-refractivity contribution in [2.45, 2.75) is 12.8 Å². The van der Waals surface area contributed by atoms with E-state index in [-0.39, 0.29) is 5.56 Å². The van der Waals surface area contributed by atoms with Crippen LogP contribution >= 0.6 is 0 Å². The number of fused-ring (bicyclic) bond motifs is 1. The minimum absolute atomic E-state index is 0.128. The van der Waals surface area contributed by atoms with E-state index in [4.69, 9.17) is 4.52 Å².